The molecule has 0 amide bonds. The Bertz CT molecular complexity index is 117. The highest BCUT2D eigenvalue weighted by molar-refractivity contribution is 9.09. The zero-order valence-electron chi connectivity index (χ0n) is 8.90. The molecule has 1 rings (SSSR count). The van der Waals surface area contributed by atoms with Crippen LogP contribution in [0.15, 0.2) is 0 Å². The summed E-state index contributed by atoms with van der Waals surface area (Å²) in [4.78, 5) is 0. The van der Waals surface area contributed by atoms with E-state index in [-0.39, 0.29) is 8.80 Å². The SMILES string of the molecule is CCCCC[SiH]1CCC(CBr)CC1. The van der Waals surface area contributed by atoms with Gasteiger partial charge in [-0.1, -0.05) is 73.1 Å². The van der Waals surface area contributed by atoms with Gasteiger partial charge < -0.3 is 0 Å². The van der Waals surface area contributed by atoms with Crippen LogP contribution in [0.5, 0.6) is 0 Å². The van der Waals surface area contributed by atoms with Crippen LogP contribution in [-0.2, 0) is 0 Å². The predicted molar refractivity (Wildman–Crippen MR) is 67.6 cm³/mol. The van der Waals surface area contributed by atoms with Crippen LogP contribution in [0.4, 0.5) is 0 Å². The predicted octanol–water partition coefficient (Wildman–Crippen LogP) is 4.21. The Labute approximate surface area is 93.2 Å². The molecule has 0 saturated carbocycles. The summed E-state index contributed by atoms with van der Waals surface area (Å²) < 4.78 is 0. The molecule has 78 valence electrons. The van der Waals surface area contributed by atoms with Crippen molar-refractivity contribution in [3.8, 4) is 0 Å². The molecule has 2 heteroatoms. The number of hydrogen-bond acceptors (Lipinski definition) is 0. The van der Waals surface area contributed by atoms with Crippen molar-refractivity contribution in [2.75, 3.05) is 5.33 Å². The van der Waals surface area contributed by atoms with E-state index in [1.54, 1.807) is 18.1 Å². The molecule has 0 aromatic heterocycles. The molecule has 13 heavy (non-hydrogen) atoms. The van der Waals surface area contributed by atoms with Gasteiger partial charge in [-0.25, -0.2) is 0 Å². The van der Waals surface area contributed by atoms with E-state index in [1.165, 1.54) is 37.4 Å². The minimum Gasteiger partial charge on any atom is -0.0925 e. The lowest BCUT2D eigenvalue weighted by Gasteiger charge is -2.26. The van der Waals surface area contributed by atoms with E-state index in [0.717, 1.165) is 5.92 Å². The third-order valence-electron chi connectivity index (χ3n) is 3.40. The molecule has 0 spiro atoms. The lowest BCUT2D eigenvalue weighted by Crippen LogP contribution is -2.21. The molecule has 1 aliphatic heterocycles. The van der Waals surface area contributed by atoms with Gasteiger partial charge in [0.2, 0.25) is 0 Å². The Kier molecular flexibility index (Phi) is 6.38. The fourth-order valence-electron chi connectivity index (χ4n) is 2.36. The van der Waals surface area contributed by atoms with Gasteiger partial charge in [0.25, 0.3) is 0 Å². The average molecular weight is 263 g/mol. The quantitative estimate of drug-likeness (QED) is 0.396. The Morgan fingerprint density at radius 2 is 1.92 bits per heavy atom. The summed E-state index contributed by atoms with van der Waals surface area (Å²) >= 11 is 3.61. The van der Waals surface area contributed by atoms with Crippen LogP contribution < -0.4 is 0 Å². The number of alkyl halides is 1. The number of hydrogen-bond donors (Lipinski definition) is 0. The Morgan fingerprint density at radius 3 is 2.46 bits per heavy atom. The molecular weight excluding hydrogens is 240 g/mol. The van der Waals surface area contributed by atoms with Crippen LogP contribution in [-0.4, -0.2) is 14.1 Å². The topological polar surface area (TPSA) is 0 Å². The summed E-state index contributed by atoms with van der Waals surface area (Å²) in [7, 11) is -0.231. The highest BCUT2D eigenvalue weighted by atomic mass is 79.9. The second kappa shape index (κ2) is 7.05. The van der Waals surface area contributed by atoms with Gasteiger partial charge in [-0.05, 0) is 5.92 Å². The summed E-state index contributed by atoms with van der Waals surface area (Å²) in [6, 6.07) is 4.92. The molecule has 0 aromatic rings. The maximum Gasteiger partial charge on any atom is 0.0368 e. The third kappa shape index (κ3) is 4.64. The third-order valence-corrected chi connectivity index (χ3v) is 7.84. The van der Waals surface area contributed by atoms with Crippen LogP contribution in [0.2, 0.25) is 18.1 Å². The smallest absolute Gasteiger partial charge is 0.0368 e. The molecule has 0 nitrogen and oxygen atoms in total. The van der Waals surface area contributed by atoms with E-state index >= 15 is 0 Å². The monoisotopic (exact) mass is 262 g/mol. The van der Waals surface area contributed by atoms with Crippen molar-refractivity contribution in [3.05, 3.63) is 0 Å². The highest BCUT2D eigenvalue weighted by Crippen LogP contribution is 2.29. The Balaban J connectivity index is 2.03. The van der Waals surface area contributed by atoms with Gasteiger partial charge in [0.1, 0.15) is 0 Å². The van der Waals surface area contributed by atoms with Gasteiger partial charge in [0.15, 0.2) is 0 Å². The van der Waals surface area contributed by atoms with E-state index in [9.17, 15) is 0 Å². The van der Waals surface area contributed by atoms with Gasteiger partial charge in [0.05, 0.1) is 0 Å². The molecule has 1 aliphatic rings. The van der Waals surface area contributed by atoms with Crippen LogP contribution in [0.3, 0.4) is 0 Å². The normalized spacial score (nSPS) is 29.1. The molecule has 0 radical (unpaired) electrons. The van der Waals surface area contributed by atoms with Gasteiger partial charge in [0, 0.05) is 14.1 Å². The van der Waals surface area contributed by atoms with Gasteiger partial charge in [-0.2, -0.15) is 0 Å². The second-order valence-corrected chi connectivity index (χ2v) is 8.65. The minimum atomic E-state index is -0.231. The number of halogens is 1. The number of unbranched alkanes of at least 4 members (excludes halogenated alkanes) is 2. The van der Waals surface area contributed by atoms with Crippen molar-refractivity contribution in [1.82, 2.24) is 0 Å². The summed E-state index contributed by atoms with van der Waals surface area (Å²) in [6.07, 6.45) is 7.48. The molecule has 0 atom stereocenters. The molecule has 1 saturated heterocycles. The van der Waals surface area contributed by atoms with Crippen molar-refractivity contribution < 1.29 is 0 Å². The minimum absolute atomic E-state index is 0.231. The standard InChI is InChI=1S/C11H23BrSi/c1-2-3-4-7-13-8-5-11(10-12)6-9-13/h11,13H,2-10H2,1H3. The molecular formula is C11H23BrSi. The van der Waals surface area contributed by atoms with Gasteiger partial charge in [-0.15, -0.1) is 0 Å². The first-order chi connectivity index (χ1) is 6.36. The molecule has 0 N–H and O–H groups in total. The fraction of sp³-hybridized carbons (Fsp3) is 1.00. The Morgan fingerprint density at radius 1 is 1.23 bits per heavy atom. The molecule has 0 aliphatic carbocycles. The number of rotatable bonds is 5. The summed E-state index contributed by atoms with van der Waals surface area (Å²) in [5.41, 5.74) is 0. The van der Waals surface area contributed by atoms with Crippen molar-refractivity contribution in [1.29, 1.82) is 0 Å². The summed E-state index contributed by atoms with van der Waals surface area (Å²) in [5, 5.41) is 1.25. The van der Waals surface area contributed by atoms with Crippen LogP contribution in [0, 0.1) is 5.92 Å². The highest BCUT2D eigenvalue weighted by Gasteiger charge is 2.20. The van der Waals surface area contributed by atoms with Crippen LogP contribution in [0.25, 0.3) is 0 Å². The molecule has 1 heterocycles. The molecule has 0 aromatic carbocycles. The first-order valence-corrected chi connectivity index (χ1v) is 9.49. The lowest BCUT2D eigenvalue weighted by molar-refractivity contribution is 0.527. The van der Waals surface area contributed by atoms with Crippen molar-refractivity contribution in [3.63, 3.8) is 0 Å². The Hall–Kier alpha value is 0.697. The van der Waals surface area contributed by atoms with Crippen molar-refractivity contribution in [2.45, 2.75) is 57.2 Å². The largest absolute Gasteiger partial charge is 0.0925 e. The van der Waals surface area contributed by atoms with Crippen LogP contribution in [0.1, 0.15) is 39.0 Å². The van der Waals surface area contributed by atoms with E-state index in [0.29, 0.717) is 0 Å². The van der Waals surface area contributed by atoms with Crippen molar-refractivity contribution >= 4 is 24.7 Å². The van der Waals surface area contributed by atoms with E-state index in [4.69, 9.17) is 0 Å². The van der Waals surface area contributed by atoms with E-state index < -0.39 is 0 Å². The zero-order chi connectivity index (χ0) is 9.52. The lowest BCUT2D eigenvalue weighted by atomic mass is 10.1. The molecule has 0 bridgehead atoms. The average Bonchev–Trinajstić information content (AvgIpc) is 2.19. The van der Waals surface area contributed by atoms with E-state index in [1.807, 2.05) is 0 Å². The van der Waals surface area contributed by atoms with Crippen molar-refractivity contribution in [2.24, 2.45) is 5.92 Å². The first-order valence-electron chi connectivity index (χ1n) is 5.92. The second-order valence-electron chi connectivity index (χ2n) is 4.54. The van der Waals surface area contributed by atoms with Gasteiger partial charge in [-0.3, -0.25) is 0 Å². The zero-order valence-corrected chi connectivity index (χ0v) is 11.6. The molecule has 0 unspecified atom stereocenters. The summed E-state index contributed by atoms with van der Waals surface area (Å²) in [6.45, 7) is 2.31. The maximum atomic E-state index is 3.61. The van der Waals surface area contributed by atoms with Gasteiger partial charge >= 0.3 is 0 Å². The van der Waals surface area contributed by atoms with E-state index in [2.05, 4.69) is 22.9 Å². The first kappa shape index (κ1) is 11.8. The summed E-state index contributed by atoms with van der Waals surface area (Å²) in [5.74, 6) is 1.02. The molecule has 1 fully saturated rings. The van der Waals surface area contributed by atoms with Crippen LogP contribution >= 0.6 is 15.9 Å². The maximum absolute atomic E-state index is 3.61. The fourth-order valence-corrected chi connectivity index (χ4v) is 6.62.